The number of piperidine rings is 1. The third-order valence-corrected chi connectivity index (χ3v) is 3.65. The highest BCUT2D eigenvalue weighted by Gasteiger charge is 2.26. The number of ether oxygens (including phenoxy) is 1. The van der Waals surface area contributed by atoms with Gasteiger partial charge in [-0.25, -0.2) is 0 Å². The molecular weight excluding hydrogens is 188 g/mol. The maximum Gasteiger partial charge on any atom is 0.0625 e. The molecule has 15 heavy (non-hydrogen) atoms. The van der Waals surface area contributed by atoms with E-state index in [-0.39, 0.29) is 0 Å². The van der Waals surface area contributed by atoms with Gasteiger partial charge in [0.2, 0.25) is 0 Å². The fraction of sp³-hybridized carbons (Fsp3) is 1.00. The largest absolute Gasteiger partial charge is 0.377 e. The van der Waals surface area contributed by atoms with Crippen LogP contribution in [0.15, 0.2) is 0 Å². The average Bonchev–Trinajstić information content (AvgIpc) is 3.04. The molecule has 1 heterocycles. The van der Waals surface area contributed by atoms with E-state index in [9.17, 15) is 0 Å². The van der Waals surface area contributed by atoms with E-state index in [1.54, 1.807) is 0 Å². The van der Waals surface area contributed by atoms with Crippen molar-refractivity contribution < 1.29 is 4.74 Å². The van der Waals surface area contributed by atoms with E-state index in [0.717, 1.165) is 32.3 Å². The van der Waals surface area contributed by atoms with Gasteiger partial charge in [-0.1, -0.05) is 6.92 Å². The van der Waals surface area contributed by atoms with E-state index in [0.29, 0.717) is 12.0 Å². The fourth-order valence-corrected chi connectivity index (χ4v) is 2.28. The van der Waals surface area contributed by atoms with Crippen molar-refractivity contribution in [2.75, 3.05) is 33.3 Å². The Labute approximate surface area is 93.2 Å². The van der Waals surface area contributed by atoms with Gasteiger partial charge in [0, 0.05) is 19.1 Å². The quantitative estimate of drug-likeness (QED) is 0.738. The minimum absolute atomic E-state index is 0.485. The fourth-order valence-electron chi connectivity index (χ4n) is 2.28. The van der Waals surface area contributed by atoms with Crippen LogP contribution in [0.1, 0.15) is 26.2 Å². The molecule has 0 aromatic carbocycles. The van der Waals surface area contributed by atoms with Crippen LogP contribution in [0, 0.1) is 5.92 Å². The summed E-state index contributed by atoms with van der Waals surface area (Å²) >= 11 is 0. The first-order chi connectivity index (χ1) is 7.27. The Morgan fingerprint density at radius 3 is 2.80 bits per heavy atom. The predicted molar refractivity (Wildman–Crippen MR) is 62.0 cm³/mol. The average molecular weight is 212 g/mol. The SMILES string of the molecule is CC1CNCCC1OCCN(C)C1CC1. The molecule has 3 nitrogen and oxygen atoms in total. The molecule has 0 aromatic rings. The van der Waals surface area contributed by atoms with E-state index in [1.807, 2.05) is 0 Å². The number of rotatable bonds is 5. The van der Waals surface area contributed by atoms with Crippen molar-refractivity contribution in [2.45, 2.75) is 38.3 Å². The van der Waals surface area contributed by atoms with E-state index in [1.165, 1.54) is 19.3 Å². The second-order valence-corrected chi connectivity index (χ2v) is 5.09. The molecule has 0 amide bonds. The minimum Gasteiger partial charge on any atom is -0.377 e. The summed E-state index contributed by atoms with van der Waals surface area (Å²) in [6.07, 6.45) is 4.44. The molecule has 2 unspecified atom stereocenters. The Hall–Kier alpha value is -0.120. The molecular formula is C12H24N2O. The Morgan fingerprint density at radius 1 is 1.33 bits per heavy atom. The molecule has 0 bridgehead atoms. The van der Waals surface area contributed by atoms with Gasteiger partial charge in [-0.3, -0.25) is 0 Å². The molecule has 0 spiro atoms. The highest BCUT2D eigenvalue weighted by atomic mass is 16.5. The van der Waals surface area contributed by atoms with E-state index in [4.69, 9.17) is 4.74 Å². The summed E-state index contributed by atoms with van der Waals surface area (Å²) in [5.74, 6) is 0.671. The second kappa shape index (κ2) is 5.28. The zero-order valence-corrected chi connectivity index (χ0v) is 10.0. The molecule has 2 atom stereocenters. The normalized spacial score (nSPS) is 32.2. The molecule has 0 radical (unpaired) electrons. The van der Waals surface area contributed by atoms with Gasteiger partial charge in [0.15, 0.2) is 0 Å². The van der Waals surface area contributed by atoms with Gasteiger partial charge in [0.1, 0.15) is 0 Å². The highest BCUT2D eigenvalue weighted by molar-refractivity contribution is 4.82. The number of hydrogen-bond acceptors (Lipinski definition) is 3. The first-order valence-corrected chi connectivity index (χ1v) is 6.30. The minimum atomic E-state index is 0.485. The van der Waals surface area contributed by atoms with Crippen LogP contribution in [0.3, 0.4) is 0 Å². The van der Waals surface area contributed by atoms with Gasteiger partial charge in [-0.05, 0) is 38.8 Å². The van der Waals surface area contributed by atoms with Crippen molar-refractivity contribution in [3.05, 3.63) is 0 Å². The van der Waals surface area contributed by atoms with Crippen LogP contribution < -0.4 is 5.32 Å². The third-order valence-electron chi connectivity index (χ3n) is 3.65. The van der Waals surface area contributed by atoms with Gasteiger partial charge < -0.3 is 15.0 Å². The number of nitrogens with one attached hydrogen (secondary N) is 1. The zero-order chi connectivity index (χ0) is 10.7. The number of hydrogen-bond donors (Lipinski definition) is 1. The molecule has 2 aliphatic rings. The van der Waals surface area contributed by atoms with Crippen molar-refractivity contribution in [2.24, 2.45) is 5.92 Å². The third kappa shape index (κ3) is 3.44. The summed E-state index contributed by atoms with van der Waals surface area (Å²) in [7, 11) is 2.22. The topological polar surface area (TPSA) is 24.5 Å². The smallest absolute Gasteiger partial charge is 0.0625 e. The van der Waals surface area contributed by atoms with Gasteiger partial charge in [-0.15, -0.1) is 0 Å². The van der Waals surface area contributed by atoms with Crippen molar-refractivity contribution in [1.82, 2.24) is 10.2 Å². The molecule has 2 rings (SSSR count). The van der Waals surface area contributed by atoms with Crippen LogP contribution in [-0.2, 0) is 4.74 Å². The lowest BCUT2D eigenvalue weighted by atomic mass is 9.98. The monoisotopic (exact) mass is 212 g/mol. The van der Waals surface area contributed by atoms with Crippen LogP contribution >= 0.6 is 0 Å². The van der Waals surface area contributed by atoms with Crippen molar-refractivity contribution in [3.63, 3.8) is 0 Å². The van der Waals surface area contributed by atoms with Crippen molar-refractivity contribution in [3.8, 4) is 0 Å². The molecule has 1 aliphatic carbocycles. The number of likely N-dealkylation sites (N-methyl/N-ethyl adjacent to an activating group) is 1. The summed E-state index contributed by atoms with van der Waals surface area (Å²) in [6, 6.07) is 0.860. The Balaban J connectivity index is 1.59. The maximum absolute atomic E-state index is 5.96. The molecule has 0 aromatic heterocycles. The summed E-state index contributed by atoms with van der Waals surface area (Å²) in [6.45, 7) is 6.52. The Kier molecular flexibility index (Phi) is 4.00. The standard InChI is InChI=1S/C12H24N2O/c1-10-9-13-6-5-12(10)15-8-7-14(2)11-3-4-11/h10-13H,3-9H2,1-2H3. The van der Waals surface area contributed by atoms with Crippen molar-refractivity contribution >= 4 is 0 Å². The molecule has 2 fully saturated rings. The Bertz CT molecular complexity index is 194. The highest BCUT2D eigenvalue weighted by Crippen LogP contribution is 2.25. The van der Waals surface area contributed by atoms with Gasteiger partial charge in [0.25, 0.3) is 0 Å². The zero-order valence-electron chi connectivity index (χ0n) is 10.0. The van der Waals surface area contributed by atoms with E-state index >= 15 is 0 Å². The summed E-state index contributed by atoms with van der Waals surface area (Å²) in [5, 5.41) is 3.40. The summed E-state index contributed by atoms with van der Waals surface area (Å²) in [5.41, 5.74) is 0. The molecule has 1 saturated carbocycles. The molecule has 88 valence electrons. The van der Waals surface area contributed by atoms with Crippen LogP contribution in [0.5, 0.6) is 0 Å². The van der Waals surface area contributed by atoms with Crippen molar-refractivity contribution in [1.29, 1.82) is 0 Å². The summed E-state index contributed by atoms with van der Waals surface area (Å²) in [4.78, 5) is 2.44. The van der Waals surface area contributed by atoms with Crippen LogP contribution in [0.2, 0.25) is 0 Å². The van der Waals surface area contributed by atoms with Crippen LogP contribution in [-0.4, -0.2) is 50.3 Å². The van der Waals surface area contributed by atoms with Gasteiger partial charge in [-0.2, -0.15) is 0 Å². The molecule has 3 heteroatoms. The van der Waals surface area contributed by atoms with Gasteiger partial charge in [0.05, 0.1) is 12.7 Å². The molecule has 1 aliphatic heterocycles. The van der Waals surface area contributed by atoms with Crippen LogP contribution in [0.25, 0.3) is 0 Å². The van der Waals surface area contributed by atoms with Gasteiger partial charge >= 0.3 is 0 Å². The second-order valence-electron chi connectivity index (χ2n) is 5.09. The van der Waals surface area contributed by atoms with Crippen LogP contribution in [0.4, 0.5) is 0 Å². The first-order valence-electron chi connectivity index (χ1n) is 6.30. The molecule has 1 N–H and O–H groups in total. The molecule has 1 saturated heterocycles. The number of nitrogens with zero attached hydrogens (tertiary/aromatic N) is 1. The Morgan fingerprint density at radius 2 is 2.13 bits per heavy atom. The first kappa shape index (κ1) is 11.4. The predicted octanol–water partition coefficient (Wildman–Crippen LogP) is 1.10. The van der Waals surface area contributed by atoms with E-state index in [2.05, 4.69) is 24.2 Å². The lowest BCUT2D eigenvalue weighted by Gasteiger charge is -2.30. The maximum atomic E-state index is 5.96. The lowest BCUT2D eigenvalue weighted by molar-refractivity contribution is -0.00689. The summed E-state index contributed by atoms with van der Waals surface area (Å²) < 4.78 is 5.96. The van der Waals surface area contributed by atoms with E-state index < -0.39 is 0 Å². The lowest BCUT2D eigenvalue weighted by Crippen LogP contribution is -2.40.